The minimum absolute atomic E-state index is 0.0246. The van der Waals surface area contributed by atoms with Crippen LogP contribution in [0.25, 0.3) is 0 Å². The normalized spacial score (nSPS) is 12.8. The Morgan fingerprint density at radius 2 is 1.74 bits per heavy atom. The molecule has 0 aliphatic rings. The summed E-state index contributed by atoms with van der Waals surface area (Å²) in [5.41, 5.74) is 1.94. The number of halogens is 1. The summed E-state index contributed by atoms with van der Waals surface area (Å²) in [6.07, 6.45) is 1.36. The number of benzene rings is 2. The molecule has 10 heteroatoms. The van der Waals surface area contributed by atoms with Gasteiger partial charge in [0.05, 0.1) is 11.3 Å². The van der Waals surface area contributed by atoms with Gasteiger partial charge in [-0.1, -0.05) is 54.1 Å². The highest BCUT2D eigenvalue weighted by Crippen LogP contribution is 2.36. The molecule has 2 aromatic carbocycles. The van der Waals surface area contributed by atoms with Gasteiger partial charge < -0.3 is 10.4 Å². The van der Waals surface area contributed by atoms with Crippen molar-refractivity contribution in [2.24, 2.45) is 0 Å². The van der Waals surface area contributed by atoms with E-state index in [2.05, 4.69) is 20.8 Å². The lowest BCUT2D eigenvalue weighted by Crippen LogP contribution is -2.32. The van der Waals surface area contributed by atoms with Crippen LogP contribution in [0.5, 0.6) is 0 Å². The molecule has 0 saturated carbocycles. The summed E-state index contributed by atoms with van der Waals surface area (Å²) in [5, 5.41) is 27.1. The number of thiophene rings is 1. The largest absolute Gasteiger partial charge is 0.478 e. The first-order valence-corrected chi connectivity index (χ1v) is 10.5. The summed E-state index contributed by atoms with van der Waals surface area (Å²) < 4.78 is 1.37. The number of tetrazole rings is 1. The van der Waals surface area contributed by atoms with E-state index in [0.717, 1.165) is 11.1 Å². The molecule has 2 unspecified atom stereocenters. The second kappa shape index (κ2) is 9.07. The number of carbonyl (C=O) groups is 2. The fraction of sp³-hybridized carbons (Fsp3) is 0.0952. The molecule has 0 aliphatic carbocycles. The number of hydrogen-bond donors (Lipinski definition) is 2. The van der Waals surface area contributed by atoms with E-state index >= 15 is 0 Å². The monoisotopic (exact) mass is 453 g/mol. The van der Waals surface area contributed by atoms with Crippen LogP contribution in [0, 0.1) is 0 Å². The topological polar surface area (TPSA) is 110 Å². The van der Waals surface area contributed by atoms with Gasteiger partial charge in [0.1, 0.15) is 12.4 Å². The van der Waals surface area contributed by atoms with Gasteiger partial charge in [-0.15, -0.1) is 16.4 Å². The van der Waals surface area contributed by atoms with Crippen LogP contribution in [0.2, 0.25) is 5.02 Å². The average Bonchev–Trinajstić information content (AvgIpc) is 3.45. The zero-order chi connectivity index (χ0) is 21.8. The van der Waals surface area contributed by atoms with Crippen molar-refractivity contribution < 1.29 is 14.7 Å². The molecule has 0 saturated heterocycles. The molecular formula is C21H16ClN5O3S. The number of rotatable bonds is 7. The highest BCUT2D eigenvalue weighted by atomic mass is 35.5. The number of amides is 1. The van der Waals surface area contributed by atoms with Crippen LogP contribution in [0.3, 0.4) is 0 Å². The standard InChI is InChI=1S/C21H16ClN5O3S/c22-15-8-6-14(7-9-15)18(13-4-2-1-3-5-13)19(27-12-23-25-26-27)20(28)24-17-11-31-10-16(17)21(29)30/h1-12,18-19H,(H,24,28)(H,29,30). The van der Waals surface area contributed by atoms with Gasteiger partial charge in [-0.25, -0.2) is 9.48 Å². The predicted octanol–water partition coefficient (Wildman–Crippen LogP) is 4.10. The Balaban J connectivity index is 1.80. The number of aromatic carboxylic acids is 1. The van der Waals surface area contributed by atoms with Gasteiger partial charge in [-0.2, -0.15) is 0 Å². The lowest BCUT2D eigenvalue weighted by atomic mass is 9.84. The molecule has 0 fully saturated rings. The Morgan fingerprint density at radius 3 is 2.39 bits per heavy atom. The molecule has 31 heavy (non-hydrogen) atoms. The Labute approximate surface area is 186 Å². The van der Waals surface area contributed by atoms with E-state index in [1.165, 1.54) is 27.7 Å². The average molecular weight is 454 g/mol. The third kappa shape index (κ3) is 4.47. The summed E-state index contributed by atoms with van der Waals surface area (Å²) in [6, 6.07) is 15.8. The lowest BCUT2D eigenvalue weighted by Gasteiger charge is -2.27. The number of hydrogen-bond acceptors (Lipinski definition) is 6. The van der Waals surface area contributed by atoms with Crippen molar-refractivity contribution in [2.75, 3.05) is 5.32 Å². The van der Waals surface area contributed by atoms with E-state index in [-0.39, 0.29) is 11.3 Å². The van der Waals surface area contributed by atoms with E-state index < -0.39 is 23.8 Å². The quantitative estimate of drug-likeness (QED) is 0.436. The molecule has 4 rings (SSSR count). The highest BCUT2D eigenvalue weighted by Gasteiger charge is 2.34. The summed E-state index contributed by atoms with van der Waals surface area (Å²) >= 11 is 7.27. The minimum Gasteiger partial charge on any atom is -0.478 e. The number of nitrogens with zero attached hydrogens (tertiary/aromatic N) is 4. The molecule has 8 nitrogen and oxygen atoms in total. The van der Waals surface area contributed by atoms with Crippen molar-refractivity contribution in [3.05, 3.63) is 93.4 Å². The third-order valence-corrected chi connectivity index (χ3v) is 5.77. The van der Waals surface area contributed by atoms with Crippen LogP contribution in [0.4, 0.5) is 5.69 Å². The molecule has 2 N–H and O–H groups in total. The molecular weight excluding hydrogens is 438 g/mol. The van der Waals surface area contributed by atoms with Crippen LogP contribution < -0.4 is 5.32 Å². The van der Waals surface area contributed by atoms with Crippen molar-refractivity contribution in [3.63, 3.8) is 0 Å². The van der Waals surface area contributed by atoms with Crippen molar-refractivity contribution in [3.8, 4) is 0 Å². The maximum absolute atomic E-state index is 13.5. The van der Waals surface area contributed by atoms with Crippen molar-refractivity contribution >= 4 is 40.5 Å². The summed E-state index contributed by atoms with van der Waals surface area (Å²) in [6.45, 7) is 0. The number of nitrogens with one attached hydrogen (secondary N) is 1. The Morgan fingerprint density at radius 1 is 1.03 bits per heavy atom. The SMILES string of the molecule is O=C(O)c1cscc1NC(=O)C(C(c1ccccc1)c1ccc(Cl)cc1)n1cnnn1. The molecule has 1 amide bonds. The summed E-state index contributed by atoms with van der Waals surface area (Å²) in [7, 11) is 0. The molecule has 2 atom stereocenters. The van der Waals surface area contributed by atoms with Gasteiger partial charge in [-0.3, -0.25) is 4.79 Å². The van der Waals surface area contributed by atoms with Crippen LogP contribution >= 0.6 is 22.9 Å². The molecule has 0 spiro atoms. The minimum atomic E-state index is -1.12. The number of carboxylic acids is 1. The molecule has 2 heterocycles. The molecule has 0 bridgehead atoms. The molecule has 156 valence electrons. The van der Waals surface area contributed by atoms with Crippen molar-refractivity contribution in [1.82, 2.24) is 20.2 Å². The fourth-order valence-electron chi connectivity index (χ4n) is 3.37. The highest BCUT2D eigenvalue weighted by molar-refractivity contribution is 7.08. The zero-order valence-electron chi connectivity index (χ0n) is 15.9. The van der Waals surface area contributed by atoms with Gasteiger partial charge in [0.25, 0.3) is 0 Å². The van der Waals surface area contributed by atoms with Gasteiger partial charge >= 0.3 is 5.97 Å². The molecule has 4 aromatic rings. The first kappa shape index (κ1) is 20.7. The van der Waals surface area contributed by atoms with Crippen molar-refractivity contribution in [1.29, 1.82) is 0 Å². The zero-order valence-corrected chi connectivity index (χ0v) is 17.5. The van der Waals surface area contributed by atoms with Gasteiger partial charge in [0.2, 0.25) is 5.91 Å². The van der Waals surface area contributed by atoms with E-state index in [1.54, 1.807) is 17.5 Å². The first-order valence-electron chi connectivity index (χ1n) is 9.18. The van der Waals surface area contributed by atoms with Gasteiger partial charge in [0.15, 0.2) is 0 Å². The van der Waals surface area contributed by atoms with Gasteiger partial charge in [-0.05, 0) is 33.7 Å². The Kier molecular flexibility index (Phi) is 6.06. The van der Waals surface area contributed by atoms with Crippen LogP contribution in [0.15, 0.2) is 71.7 Å². The number of carbonyl (C=O) groups excluding carboxylic acids is 1. The van der Waals surface area contributed by atoms with E-state index in [1.807, 2.05) is 42.5 Å². The maximum Gasteiger partial charge on any atom is 0.338 e. The second-order valence-electron chi connectivity index (χ2n) is 6.67. The number of carboxylic acid groups (broad SMARTS) is 1. The molecule has 0 radical (unpaired) electrons. The lowest BCUT2D eigenvalue weighted by molar-refractivity contribution is -0.120. The smallest absolute Gasteiger partial charge is 0.338 e. The Bertz CT molecular complexity index is 1180. The van der Waals surface area contributed by atoms with E-state index in [0.29, 0.717) is 5.02 Å². The number of anilines is 1. The predicted molar refractivity (Wildman–Crippen MR) is 116 cm³/mol. The second-order valence-corrected chi connectivity index (χ2v) is 7.85. The van der Waals surface area contributed by atoms with Crippen LogP contribution in [0.1, 0.15) is 33.4 Å². The third-order valence-electron chi connectivity index (χ3n) is 4.77. The van der Waals surface area contributed by atoms with E-state index in [4.69, 9.17) is 11.6 Å². The molecule has 2 aromatic heterocycles. The summed E-state index contributed by atoms with van der Waals surface area (Å²) in [4.78, 5) is 25.0. The summed E-state index contributed by atoms with van der Waals surface area (Å²) in [5.74, 6) is -2.03. The molecule has 0 aliphatic heterocycles. The first-order chi connectivity index (χ1) is 15.0. The maximum atomic E-state index is 13.5. The van der Waals surface area contributed by atoms with Gasteiger partial charge in [0, 0.05) is 21.7 Å². The number of aromatic nitrogens is 4. The van der Waals surface area contributed by atoms with Crippen LogP contribution in [-0.2, 0) is 4.79 Å². The van der Waals surface area contributed by atoms with Crippen LogP contribution in [-0.4, -0.2) is 37.2 Å². The Hall–Kier alpha value is -3.56. The fourth-order valence-corrected chi connectivity index (χ4v) is 4.25. The van der Waals surface area contributed by atoms with Crippen molar-refractivity contribution in [2.45, 2.75) is 12.0 Å². The van der Waals surface area contributed by atoms with E-state index in [9.17, 15) is 14.7 Å².